The van der Waals surface area contributed by atoms with Crippen LogP contribution in [-0.4, -0.2) is 49.5 Å². The lowest BCUT2D eigenvalue weighted by Gasteiger charge is -2.16. The van der Waals surface area contributed by atoms with Crippen molar-refractivity contribution < 1.29 is 33.4 Å². The van der Waals surface area contributed by atoms with E-state index in [1.165, 1.54) is 0 Å². The van der Waals surface area contributed by atoms with Crippen molar-refractivity contribution in [3.05, 3.63) is 29.8 Å². The summed E-state index contributed by atoms with van der Waals surface area (Å²) in [7, 11) is 0. The van der Waals surface area contributed by atoms with Crippen LogP contribution in [0.25, 0.3) is 0 Å². The van der Waals surface area contributed by atoms with Crippen LogP contribution in [0.5, 0.6) is 5.75 Å². The fourth-order valence-electron chi connectivity index (χ4n) is 1.96. The number of ether oxygens (including phenoxy) is 3. The summed E-state index contributed by atoms with van der Waals surface area (Å²) in [4.78, 5) is 47.1. The Balaban J connectivity index is 2.63. The van der Waals surface area contributed by atoms with E-state index in [0.717, 1.165) is 0 Å². The Labute approximate surface area is 151 Å². The number of amides is 1. The highest BCUT2D eigenvalue weighted by atomic mass is 16.6. The Morgan fingerprint density at radius 3 is 1.92 bits per heavy atom. The van der Waals surface area contributed by atoms with Gasteiger partial charge in [-0.1, -0.05) is 6.92 Å². The molecule has 0 bridgehead atoms. The monoisotopic (exact) mass is 365 g/mol. The molecule has 0 aliphatic heterocycles. The maximum atomic E-state index is 12.0. The van der Waals surface area contributed by atoms with Gasteiger partial charge in [-0.2, -0.15) is 0 Å². The topological polar surface area (TPSA) is 108 Å². The van der Waals surface area contributed by atoms with Gasteiger partial charge in [0.25, 0.3) is 5.91 Å². The zero-order chi connectivity index (χ0) is 19.5. The molecule has 1 aromatic carbocycles. The second-order valence-electron chi connectivity index (χ2n) is 5.09. The predicted molar refractivity (Wildman–Crippen MR) is 91.8 cm³/mol. The lowest BCUT2D eigenvalue weighted by molar-refractivity contribution is -0.159. The molecule has 1 N–H and O–H groups in total. The molecule has 0 aromatic heterocycles. The van der Waals surface area contributed by atoms with Gasteiger partial charge in [0.1, 0.15) is 5.75 Å². The van der Waals surface area contributed by atoms with Crippen molar-refractivity contribution >= 4 is 23.6 Å². The van der Waals surface area contributed by atoms with Gasteiger partial charge in [0.2, 0.25) is 6.04 Å². The molecule has 1 aromatic rings. The SMILES string of the molecule is CCOC(=O)C(NC(=O)COc1ccc(C(=O)CC)cc1)C(=O)OCC. The van der Waals surface area contributed by atoms with Crippen LogP contribution >= 0.6 is 0 Å². The smallest absolute Gasteiger partial charge is 0.340 e. The molecule has 0 aliphatic rings. The van der Waals surface area contributed by atoms with Crippen molar-refractivity contribution in [2.24, 2.45) is 0 Å². The highest BCUT2D eigenvalue weighted by Crippen LogP contribution is 2.13. The molecule has 0 unspecified atom stereocenters. The summed E-state index contributed by atoms with van der Waals surface area (Å²) in [6, 6.07) is 4.77. The lowest BCUT2D eigenvalue weighted by atomic mass is 10.1. The highest BCUT2D eigenvalue weighted by Gasteiger charge is 2.31. The van der Waals surface area contributed by atoms with Crippen molar-refractivity contribution in [1.29, 1.82) is 0 Å². The van der Waals surface area contributed by atoms with Crippen molar-refractivity contribution in [1.82, 2.24) is 5.32 Å². The first-order valence-corrected chi connectivity index (χ1v) is 8.31. The third-order valence-corrected chi connectivity index (χ3v) is 3.22. The Morgan fingerprint density at radius 2 is 1.46 bits per heavy atom. The molecule has 1 amide bonds. The minimum Gasteiger partial charge on any atom is -0.484 e. The number of ketones is 1. The molecule has 0 fully saturated rings. The zero-order valence-electron chi connectivity index (χ0n) is 15.1. The third-order valence-electron chi connectivity index (χ3n) is 3.22. The van der Waals surface area contributed by atoms with E-state index in [0.29, 0.717) is 17.7 Å². The molecule has 26 heavy (non-hydrogen) atoms. The molecule has 8 heteroatoms. The lowest BCUT2D eigenvalue weighted by Crippen LogP contribution is -2.49. The van der Waals surface area contributed by atoms with Crippen molar-refractivity contribution in [3.8, 4) is 5.75 Å². The van der Waals surface area contributed by atoms with Gasteiger partial charge in [-0.05, 0) is 38.1 Å². The van der Waals surface area contributed by atoms with Crippen LogP contribution in [0.1, 0.15) is 37.6 Å². The van der Waals surface area contributed by atoms with Gasteiger partial charge < -0.3 is 19.5 Å². The molecule has 8 nitrogen and oxygen atoms in total. The fraction of sp³-hybridized carbons (Fsp3) is 0.444. The Hall–Kier alpha value is -2.90. The van der Waals surface area contributed by atoms with Crippen LogP contribution < -0.4 is 10.1 Å². The van der Waals surface area contributed by atoms with Crippen LogP contribution in [0.4, 0.5) is 0 Å². The van der Waals surface area contributed by atoms with Gasteiger partial charge in [0.15, 0.2) is 12.4 Å². The number of rotatable bonds is 10. The predicted octanol–water partition coefficient (Wildman–Crippen LogP) is 1.27. The van der Waals surface area contributed by atoms with E-state index in [2.05, 4.69) is 5.32 Å². The molecular weight excluding hydrogens is 342 g/mol. The molecule has 0 saturated carbocycles. The van der Waals surface area contributed by atoms with Crippen molar-refractivity contribution in [2.45, 2.75) is 33.2 Å². The quantitative estimate of drug-likeness (QED) is 0.378. The first-order chi connectivity index (χ1) is 12.4. The second kappa shape index (κ2) is 10.9. The number of carbonyl (C=O) groups excluding carboxylic acids is 4. The highest BCUT2D eigenvalue weighted by molar-refractivity contribution is 6.02. The van der Waals surface area contributed by atoms with E-state index in [-0.39, 0.29) is 19.0 Å². The van der Waals surface area contributed by atoms with Crippen LogP contribution in [-0.2, 0) is 23.9 Å². The number of carbonyl (C=O) groups is 4. The van der Waals surface area contributed by atoms with E-state index < -0.39 is 30.5 Å². The van der Waals surface area contributed by atoms with E-state index >= 15 is 0 Å². The van der Waals surface area contributed by atoms with Gasteiger partial charge >= 0.3 is 11.9 Å². The molecule has 0 atom stereocenters. The van der Waals surface area contributed by atoms with Gasteiger partial charge in [0.05, 0.1) is 13.2 Å². The summed E-state index contributed by atoms with van der Waals surface area (Å²) < 4.78 is 14.8. The van der Waals surface area contributed by atoms with Crippen LogP contribution in [0.2, 0.25) is 0 Å². The minimum atomic E-state index is -1.55. The number of Topliss-reactive ketones (excluding diaryl/α,β-unsaturated/α-hetero) is 1. The average Bonchev–Trinajstić information content (AvgIpc) is 2.64. The van der Waals surface area contributed by atoms with Crippen molar-refractivity contribution in [3.63, 3.8) is 0 Å². The molecule has 142 valence electrons. The van der Waals surface area contributed by atoms with Crippen LogP contribution in [0, 0.1) is 0 Å². The van der Waals surface area contributed by atoms with E-state index in [9.17, 15) is 19.2 Å². The Bertz CT molecular complexity index is 621. The number of hydrogen-bond acceptors (Lipinski definition) is 7. The number of benzene rings is 1. The summed E-state index contributed by atoms with van der Waals surface area (Å²) in [5.41, 5.74) is 0.550. The van der Waals surface area contributed by atoms with E-state index in [1.54, 1.807) is 45.0 Å². The third kappa shape index (κ3) is 6.54. The molecular formula is C18H23NO7. The average molecular weight is 365 g/mol. The normalized spacial score (nSPS) is 10.2. The molecule has 0 heterocycles. The van der Waals surface area contributed by atoms with Gasteiger partial charge in [0, 0.05) is 12.0 Å². The Kier molecular flexibility index (Phi) is 8.83. The number of esters is 2. The first kappa shape index (κ1) is 21.1. The van der Waals surface area contributed by atoms with Gasteiger partial charge in [-0.3, -0.25) is 9.59 Å². The van der Waals surface area contributed by atoms with Crippen molar-refractivity contribution in [2.75, 3.05) is 19.8 Å². The summed E-state index contributed by atoms with van der Waals surface area (Å²) in [5.74, 6) is -2.12. The van der Waals surface area contributed by atoms with E-state index in [4.69, 9.17) is 14.2 Å². The summed E-state index contributed by atoms with van der Waals surface area (Å²) in [6.07, 6.45) is 0.395. The maximum absolute atomic E-state index is 12.0. The minimum absolute atomic E-state index is 0.000933. The van der Waals surface area contributed by atoms with Crippen LogP contribution in [0.3, 0.4) is 0 Å². The maximum Gasteiger partial charge on any atom is 0.340 e. The summed E-state index contributed by atoms with van der Waals surface area (Å²) in [5, 5.41) is 2.23. The van der Waals surface area contributed by atoms with Gasteiger partial charge in [-0.25, -0.2) is 9.59 Å². The molecule has 0 radical (unpaired) electrons. The largest absolute Gasteiger partial charge is 0.484 e. The molecule has 0 aliphatic carbocycles. The summed E-state index contributed by atoms with van der Waals surface area (Å²) in [6.45, 7) is 4.63. The summed E-state index contributed by atoms with van der Waals surface area (Å²) >= 11 is 0. The zero-order valence-corrected chi connectivity index (χ0v) is 15.1. The van der Waals surface area contributed by atoms with Crippen LogP contribution in [0.15, 0.2) is 24.3 Å². The van der Waals surface area contributed by atoms with Gasteiger partial charge in [-0.15, -0.1) is 0 Å². The first-order valence-electron chi connectivity index (χ1n) is 8.31. The molecule has 1 rings (SSSR count). The number of hydrogen-bond donors (Lipinski definition) is 1. The fourth-order valence-corrected chi connectivity index (χ4v) is 1.96. The Morgan fingerprint density at radius 1 is 0.923 bits per heavy atom. The second-order valence-corrected chi connectivity index (χ2v) is 5.09. The van der Waals surface area contributed by atoms with E-state index in [1.807, 2.05) is 0 Å². The standard InChI is InChI=1S/C18H23NO7/c1-4-14(20)12-7-9-13(10-8-12)26-11-15(21)19-16(17(22)24-5-2)18(23)25-6-3/h7-10,16H,4-6,11H2,1-3H3,(H,19,21). The molecule has 0 spiro atoms. The number of nitrogens with one attached hydrogen (secondary N) is 1. The molecule has 0 saturated heterocycles.